The van der Waals surface area contributed by atoms with Gasteiger partial charge in [-0.15, -0.1) is 0 Å². The summed E-state index contributed by atoms with van der Waals surface area (Å²) in [6.45, 7) is 4.56. The number of rotatable bonds is 6. The molecule has 26 heavy (non-hydrogen) atoms. The highest BCUT2D eigenvalue weighted by Crippen LogP contribution is 2.18. The van der Waals surface area contributed by atoms with Crippen molar-refractivity contribution in [1.29, 1.82) is 0 Å². The van der Waals surface area contributed by atoms with Gasteiger partial charge in [-0.3, -0.25) is 4.57 Å². The van der Waals surface area contributed by atoms with Crippen molar-refractivity contribution in [2.45, 2.75) is 31.1 Å². The number of nitrogens with one attached hydrogen (secondary N) is 1. The Bertz CT molecular complexity index is 1080. The van der Waals surface area contributed by atoms with Crippen molar-refractivity contribution in [3.05, 3.63) is 64.1 Å². The van der Waals surface area contributed by atoms with Gasteiger partial charge in [0, 0.05) is 19.7 Å². The van der Waals surface area contributed by atoms with Crippen LogP contribution in [0, 0.1) is 0 Å². The molecule has 1 heterocycles. The number of hydrogen-bond donors (Lipinski definition) is 1. The van der Waals surface area contributed by atoms with E-state index in [4.69, 9.17) is 4.42 Å². The van der Waals surface area contributed by atoms with Gasteiger partial charge in [-0.1, -0.05) is 38.1 Å². The quantitative estimate of drug-likeness (QED) is 0.719. The Labute approximate surface area is 152 Å². The summed E-state index contributed by atoms with van der Waals surface area (Å²) in [6.07, 6.45) is 0.597. The molecule has 0 aliphatic rings. The van der Waals surface area contributed by atoms with Gasteiger partial charge in [0.05, 0.1) is 10.4 Å². The van der Waals surface area contributed by atoms with Crippen molar-refractivity contribution in [2.75, 3.05) is 6.54 Å². The van der Waals surface area contributed by atoms with Crippen LogP contribution in [0.15, 0.2) is 56.6 Å². The topological polar surface area (TPSA) is 81.3 Å². The molecule has 138 valence electrons. The summed E-state index contributed by atoms with van der Waals surface area (Å²) in [5.41, 5.74) is 3.14. The van der Waals surface area contributed by atoms with Crippen molar-refractivity contribution in [1.82, 2.24) is 9.29 Å². The first-order valence-electron chi connectivity index (χ1n) is 8.46. The second-order valence-corrected chi connectivity index (χ2v) is 8.37. The molecule has 0 atom stereocenters. The number of aromatic nitrogens is 1. The first-order valence-corrected chi connectivity index (χ1v) is 9.94. The average Bonchev–Trinajstić information content (AvgIpc) is 2.89. The summed E-state index contributed by atoms with van der Waals surface area (Å²) in [4.78, 5) is 11.6. The van der Waals surface area contributed by atoms with Crippen LogP contribution in [-0.2, 0) is 23.5 Å². The maximum Gasteiger partial charge on any atom is 0.419 e. The van der Waals surface area contributed by atoms with Crippen molar-refractivity contribution < 1.29 is 12.8 Å². The lowest BCUT2D eigenvalue weighted by atomic mass is 10.0. The van der Waals surface area contributed by atoms with Gasteiger partial charge < -0.3 is 4.42 Å². The third kappa shape index (κ3) is 3.73. The average molecular weight is 374 g/mol. The van der Waals surface area contributed by atoms with Crippen molar-refractivity contribution in [2.24, 2.45) is 7.05 Å². The van der Waals surface area contributed by atoms with Crippen LogP contribution < -0.4 is 10.5 Å². The molecule has 0 saturated heterocycles. The molecule has 1 N–H and O–H groups in total. The highest BCUT2D eigenvalue weighted by Gasteiger charge is 2.16. The summed E-state index contributed by atoms with van der Waals surface area (Å²) in [7, 11) is -2.09. The SMILES string of the molecule is CC(C)c1ccc(CCNS(=O)(=O)c2ccc3c(c2)oc(=O)n3C)cc1. The third-order valence-electron chi connectivity index (χ3n) is 4.43. The largest absolute Gasteiger partial charge is 0.419 e. The predicted molar refractivity (Wildman–Crippen MR) is 101 cm³/mol. The summed E-state index contributed by atoms with van der Waals surface area (Å²) < 4.78 is 33.9. The van der Waals surface area contributed by atoms with E-state index in [0.29, 0.717) is 24.4 Å². The number of hydrogen-bond acceptors (Lipinski definition) is 4. The second kappa shape index (κ2) is 7.09. The number of oxazole rings is 1. The fourth-order valence-corrected chi connectivity index (χ4v) is 3.81. The molecule has 1 aromatic heterocycles. The van der Waals surface area contributed by atoms with E-state index < -0.39 is 15.8 Å². The molecule has 0 radical (unpaired) electrons. The van der Waals surface area contributed by atoms with E-state index in [1.807, 2.05) is 12.1 Å². The molecule has 2 aromatic carbocycles. The van der Waals surface area contributed by atoms with Crippen LogP contribution in [0.4, 0.5) is 0 Å². The Morgan fingerprint density at radius 2 is 1.81 bits per heavy atom. The second-order valence-electron chi connectivity index (χ2n) is 6.60. The molecule has 0 aliphatic carbocycles. The zero-order valence-corrected chi connectivity index (χ0v) is 15.8. The van der Waals surface area contributed by atoms with Gasteiger partial charge in [-0.05, 0) is 35.6 Å². The van der Waals surface area contributed by atoms with E-state index in [-0.39, 0.29) is 10.5 Å². The maximum atomic E-state index is 12.5. The fourth-order valence-electron chi connectivity index (χ4n) is 2.76. The number of fused-ring (bicyclic) bond motifs is 1. The van der Waals surface area contributed by atoms with Crippen molar-refractivity contribution in [3.8, 4) is 0 Å². The molecule has 3 rings (SSSR count). The van der Waals surface area contributed by atoms with Crippen LogP contribution in [0.5, 0.6) is 0 Å². The highest BCUT2D eigenvalue weighted by molar-refractivity contribution is 7.89. The van der Waals surface area contributed by atoms with Crippen LogP contribution in [0.3, 0.4) is 0 Å². The summed E-state index contributed by atoms with van der Waals surface area (Å²) in [6, 6.07) is 12.6. The van der Waals surface area contributed by atoms with E-state index in [2.05, 4.69) is 30.7 Å². The molecule has 0 fully saturated rings. The molecule has 0 bridgehead atoms. The Balaban J connectivity index is 1.70. The first-order chi connectivity index (χ1) is 12.3. The van der Waals surface area contributed by atoms with Gasteiger partial charge in [0.25, 0.3) is 0 Å². The van der Waals surface area contributed by atoms with Crippen molar-refractivity contribution >= 4 is 21.1 Å². The number of sulfonamides is 1. The molecule has 6 nitrogen and oxygen atoms in total. The van der Waals surface area contributed by atoms with Crippen LogP contribution in [0.1, 0.15) is 30.9 Å². The molecule has 0 unspecified atom stereocenters. The minimum atomic E-state index is -3.67. The van der Waals surface area contributed by atoms with E-state index in [1.165, 1.54) is 22.3 Å². The fraction of sp³-hybridized carbons (Fsp3) is 0.316. The smallest absolute Gasteiger partial charge is 0.408 e. The van der Waals surface area contributed by atoms with Gasteiger partial charge in [0.2, 0.25) is 10.0 Å². The Hall–Kier alpha value is -2.38. The molecule has 0 aliphatic heterocycles. The lowest BCUT2D eigenvalue weighted by Gasteiger charge is -2.09. The van der Waals surface area contributed by atoms with Crippen LogP contribution in [0.2, 0.25) is 0 Å². The van der Waals surface area contributed by atoms with Gasteiger partial charge >= 0.3 is 5.76 Å². The van der Waals surface area contributed by atoms with Gasteiger partial charge in [-0.25, -0.2) is 17.9 Å². The van der Waals surface area contributed by atoms with Crippen LogP contribution >= 0.6 is 0 Å². The molecule has 0 spiro atoms. The minimum Gasteiger partial charge on any atom is -0.408 e. The predicted octanol–water partition coefficient (Wildman–Crippen LogP) is 2.78. The Kier molecular flexibility index (Phi) is 5.02. The number of nitrogens with zero attached hydrogens (tertiary/aromatic N) is 1. The van der Waals surface area contributed by atoms with Crippen molar-refractivity contribution in [3.63, 3.8) is 0 Å². The standard InChI is InChI=1S/C19H22N2O4S/c1-13(2)15-6-4-14(5-7-15)10-11-20-26(23,24)16-8-9-17-18(12-16)25-19(22)21(17)3/h4-9,12-13,20H,10-11H2,1-3H3. The number of benzene rings is 2. The summed E-state index contributed by atoms with van der Waals surface area (Å²) in [5, 5.41) is 0. The van der Waals surface area contributed by atoms with E-state index >= 15 is 0 Å². The molecular weight excluding hydrogens is 352 g/mol. The Morgan fingerprint density at radius 1 is 1.12 bits per heavy atom. The van der Waals surface area contributed by atoms with E-state index in [9.17, 15) is 13.2 Å². The molecule has 3 aromatic rings. The summed E-state index contributed by atoms with van der Waals surface area (Å²) >= 11 is 0. The minimum absolute atomic E-state index is 0.0782. The summed E-state index contributed by atoms with van der Waals surface area (Å²) in [5.74, 6) is -0.0529. The zero-order chi connectivity index (χ0) is 18.9. The monoisotopic (exact) mass is 374 g/mol. The normalized spacial score (nSPS) is 12.2. The zero-order valence-electron chi connectivity index (χ0n) is 15.0. The molecule has 0 saturated carbocycles. The number of aryl methyl sites for hydroxylation is 1. The first kappa shape index (κ1) is 18.4. The van der Waals surface area contributed by atoms with Crippen LogP contribution in [0.25, 0.3) is 11.1 Å². The molecule has 7 heteroatoms. The highest BCUT2D eigenvalue weighted by atomic mass is 32.2. The van der Waals surface area contributed by atoms with Gasteiger partial charge in [-0.2, -0.15) is 0 Å². The van der Waals surface area contributed by atoms with E-state index in [0.717, 1.165) is 5.56 Å². The third-order valence-corrected chi connectivity index (χ3v) is 5.88. The molecular formula is C19H22N2O4S. The van der Waals surface area contributed by atoms with Gasteiger partial charge in [0.1, 0.15) is 0 Å². The van der Waals surface area contributed by atoms with Crippen LogP contribution in [-0.4, -0.2) is 19.5 Å². The maximum absolute atomic E-state index is 12.5. The van der Waals surface area contributed by atoms with Gasteiger partial charge in [0.15, 0.2) is 5.58 Å². The Morgan fingerprint density at radius 3 is 2.46 bits per heavy atom. The van der Waals surface area contributed by atoms with E-state index in [1.54, 1.807) is 13.1 Å². The molecule has 0 amide bonds. The lowest BCUT2D eigenvalue weighted by molar-refractivity contribution is 0.527. The lowest BCUT2D eigenvalue weighted by Crippen LogP contribution is -2.26.